The van der Waals surface area contributed by atoms with E-state index in [1.54, 1.807) is 25.3 Å². The van der Waals surface area contributed by atoms with Crippen molar-refractivity contribution in [2.24, 2.45) is 5.92 Å². The minimum Gasteiger partial charge on any atom is -0.495 e. The fraction of sp³-hybridized carbons (Fsp3) is 0.368. The first-order chi connectivity index (χ1) is 12.7. The number of piperidine rings is 1. The summed E-state index contributed by atoms with van der Waals surface area (Å²) in [5, 5.41) is 6.29. The van der Waals surface area contributed by atoms with E-state index in [9.17, 15) is 4.79 Å². The highest BCUT2D eigenvalue weighted by Gasteiger charge is 2.20. The van der Waals surface area contributed by atoms with Gasteiger partial charge in [-0.25, -0.2) is 4.79 Å². The number of hydrogen-bond acceptors (Lipinski definition) is 4. The van der Waals surface area contributed by atoms with Crippen molar-refractivity contribution in [2.45, 2.75) is 12.8 Å². The third-order valence-electron chi connectivity index (χ3n) is 4.60. The van der Waals surface area contributed by atoms with Gasteiger partial charge in [0.15, 0.2) is 0 Å². The van der Waals surface area contributed by atoms with Gasteiger partial charge in [0.1, 0.15) is 5.75 Å². The molecule has 0 spiro atoms. The quantitative estimate of drug-likeness (QED) is 0.835. The molecule has 0 atom stereocenters. The molecule has 2 amide bonds. The second-order valence-electron chi connectivity index (χ2n) is 6.32. The van der Waals surface area contributed by atoms with E-state index in [2.05, 4.69) is 20.5 Å². The van der Waals surface area contributed by atoms with E-state index in [1.807, 2.05) is 24.5 Å². The van der Waals surface area contributed by atoms with Crippen LogP contribution < -0.4 is 20.3 Å². The molecule has 1 saturated heterocycles. The van der Waals surface area contributed by atoms with Gasteiger partial charge in [-0.05, 0) is 49.1 Å². The summed E-state index contributed by atoms with van der Waals surface area (Å²) in [4.78, 5) is 18.6. The van der Waals surface area contributed by atoms with Gasteiger partial charge in [-0.15, -0.1) is 0 Å². The van der Waals surface area contributed by atoms with Crippen LogP contribution in [0, 0.1) is 5.92 Å². The average Bonchev–Trinajstić information content (AvgIpc) is 2.68. The number of rotatable bonds is 5. The number of ether oxygens (including phenoxy) is 1. The lowest BCUT2D eigenvalue weighted by Gasteiger charge is -2.33. The molecule has 0 unspecified atom stereocenters. The Bertz CT molecular complexity index is 734. The largest absolute Gasteiger partial charge is 0.495 e. The SMILES string of the molecule is COc1ccc(Cl)cc1NC(=O)NCC1CCN(c2ccncc2)CC1. The molecule has 26 heavy (non-hydrogen) atoms. The number of aromatic nitrogens is 1. The summed E-state index contributed by atoms with van der Waals surface area (Å²) < 4.78 is 5.24. The number of urea groups is 1. The summed E-state index contributed by atoms with van der Waals surface area (Å²) in [6, 6.07) is 8.94. The number of halogens is 1. The van der Waals surface area contributed by atoms with Crippen LogP contribution in [0.25, 0.3) is 0 Å². The lowest BCUT2D eigenvalue weighted by molar-refractivity contribution is 0.248. The fourth-order valence-corrected chi connectivity index (χ4v) is 3.30. The Morgan fingerprint density at radius 3 is 2.69 bits per heavy atom. The lowest BCUT2D eigenvalue weighted by atomic mass is 9.96. The van der Waals surface area contributed by atoms with E-state index in [1.165, 1.54) is 5.69 Å². The number of benzene rings is 1. The van der Waals surface area contributed by atoms with Crippen molar-refractivity contribution >= 4 is 29.0 Å². The van der Waals surface area contributed by atoms with Crippen LogP contribution in [0.5, 0.6) is 5.75 Å². The van der Waals surface area contributed by atoms with Crippen molar-refractivity contribution in [2.75, 3.05) is 37.0 Å². The molecule has 1 aliphatic rings. The molecule has 2 heterocycles. The van der Waals surface area contributed by atoms with E-state index in [4.69, 9.17) is 16.3 Å². The van der Waals surface area contributed by atoms with Crippen LogP contribution in [0.3, 0.4) is 0 Å². The third kappa shape index (κ3) is 4.79. The van der Waals surface area contributed by atoms with Gasteiger partial charge in [-0.1, -0.05) is 11.6 Å². The smallest absolute Gasteiger partial charge is 0.319 e. The van der Waals surface area contributed by atoms with E-state index in [-0.39, 0.29) is 6.03 Å². The molecular formula is C19H23ClN4O2. The summed E-state index contributed by atoms with van der Waals surface area (Å²) in [5.41, 5.74) is 1.77. The van der Waals surface area contributed by atoms with Crippen molar-refractivity contribution in [3.05, 3.63) is 47.7 Å². The molecule has 3 rings (SSSR count). The highest BCUT2D eigenvalue weighted by Crippen LogP contribution is 2.27. The zero-order valence-electron chi connectivity index (χ0n) is 14.7. The van der Waals surface area contributed by atoms with Gasteiger partial charge in [0.05, 0.1) is 12.8 Å². The zero-order chi connectivity index (χ0) is 18.4. The van der Waals surface area contributed by atoms with Crippen LogP contribution in [0.15, 0.2) is 42.7 Å². The second-order valence-corrected chi connectivity index (χ2v) is 6.75. The summed E-state index contributed by atoms with van der Waals surface area (Å²) in [7, 11) is 1.56. The topological polar surface area (TPSA) is 66.5 Å². The minimum absolute atomic E-state index is 0.248. The van der Waals surface area contributed by atoms with Crippen molar-refractivity contribution < 1.29 is 9.53 Å². The van der Waals surface area contributed by atoms with E-state index in [0.717, 1.165) is 25.9 Å². The molecule has 0 aliphatic carbocycles. The number of carbonyl (C=O) groups is 1. The number of methoxy groups -OCH3 is 1. The standard InChI is InChI=1S/C19H23ClN4O2/c1-26-18-3-2-15(20)12-17(18)23-19(25)22-13-14-6-10-24(11-7-14)16-4-8-21-9-5-16/h2-5,8-9,12,14H,6-7,10-11,13H2,1H3,(H2,22,23,25). The van der Waals surface area contributed by atoms with Crippen molar-refractivity contribution in [1.82, 2.24) is 10.3 Å². The van der Waals surface area contributed by atoms with Gasteiger partial charge in [0.2, 0.25) is 0 Å². The molecule has 1 fully saturated rings. The second kappa shape index (κ2) is 8.76. The van der Waals surface area contributed by atoms with Gasteiger partial charge < -0.3 is 20.3 Å². The first kappa shape index (κ1) is 18.3. The van der Waals surface area contributed by atoms with E-state index < -0.39 is 0 Å². The van der Waals surface area contributed by atoms with Gasteiger partial charge in [0.25, 0.3) is 0 Å². The molecule has 2 N–H and O–H groups in total. The van der Waals surface area contributed by atoms with Crippen LogP contribution in [0.1, 0.15) is 12.8 Å². The first-order valence-corrected chi connectivity index (χ1v) is 9.07. The Labute approximate surface area is 158 Å². The number of hydrogen-bond donors (Lipinski definition) is 2. The van der Waals surface area contributed by atoms with Crippen LogP contribution >= 0.6 is 11.6 Å². The van der Waals surface area contributed by atoms with Gasteiger partial charge in [-0.3, -0.25) is 4.98 Å². The predicted octanol–water partition coefficient (Wildman–Crippen LogP) is 3.78. The molecule has 1 aromatic heterocycles. The Morgan fingerprint density at radius 1 is 1.27 bits per heavy atom. The number of nitrogens with zero attached hydrogens (tertiary/aromatic N) is 2. The van der Waals surface area contributed by atoms with E-state index >= 15 is 0 Å². The van der Waals surface area contributed by atoms with Crippen LogP contribution in [0.4, 0.5) is 16.2 Å². The molecule has 138 valence electrons. The molecule has 6 nitrogen and oxygen atoms in total. The van der Waals surface area contributed by atoms with Crippen molar-refractivity contribution in [1.29, 1.82) is 0 Å². The van der Waals surface area contributed by atoms with Gasteiger partial charge >= 0.3 is 6.03 Å². The summed E-state index contributed by atoms with van der Waals surface area (Å²) in [6.07, 6.45) is 5.72. The van der Waals surface area contributed by atoms with Crippen LogP contribution in [0.2, 0.25) is 5.02 Å². The number of amides is 2. The molecular weight excluding hydrogens is 352 g/mol. The average molecular weight is 375 g/mol. The van der Waals surface area contributed by atoms with E-state index in [0.29, 0.717) is 28.9 Å². The third-order valence-corrected chi connectivity index (χ3v) is 4.84. The fourth-order valence-electron chi connectivity index (χ4n) is 3.13. The Hall–Kier alpha value is -2.47. The monoisotopic (exact) mass is 374 g/mol. The first-order valence-electron chi connectivity index (χ1n) is 8.69. The highest BCUT2D eigenvalue weighted by molar-refractivity contribution is 6.31. The lowest BCUT2D eigenvalue weighted by Crippen LogP contribution is -2.39. The maximum Gasteiger partial charge on any atom is 0.319 e. The van der Waals surface area contributed by atoms with Crippen molar-refractivity contribution in [3.63, 3.8) is 0 Å². The summed E-state index contributed by atoms with van der Waals surface area (Å²) in [5.74, 6) is 1.05. The van der Waals surface area contributed by atoms with Crippen LogP contribution in [-0.2, 0) is 0 Å². The molecule has 0 saturated carbocycles. The minimum atomic E-state index is -0.248. The molecule has 0 bridgehead atoms. The predicted molar refractivity (Wildman–Crippen MR) is 104 cm³/mol. The maximum absolute atomic E-state index is 12.2. The van der Waals surface area contributed by atoms with Crippen LogP contribution in [-0.4, -0.2) is 37.8 Å². The molecule has 0 radical (unpaired) electrons. The van der Waals surface area contributed by atoms with Crippen molar-refractivity contribution in [3.8, 4) is 5.75 Å². The highest BCUT2D eigenvalue weighted by atomic mass is 35.5. The normalized spacial score (nSPS) is 14.8. The number of nitrogens with one attached hydrogen (secondary N) is 2. The molecule has 1 aromatic carbocycles. The zero-order valence-corrected chi connectivity index (χ0v) is 15.5. The molecule has 7 heteroatoms. The number of pyridine rings is 1. The molecule has 1 aliphatic heterocycles. The number of anilines is 2. The maximum atomic E-state index is 12.2. The number of carbonyl (C=O) groups excluding carboxylic acids is 1. The molecule has 2 aromatic rings. The summed E-state index contributed by atoms with van der Waals surface area (Å²) >= 11 is 5.98. The van der Waals surface area contributed by atoms with Gasteiger partial charge in [-0.2, -0.15) is 0 Å². The Morgan fingerprint density at radius 2 is 2.00 bits per heavy atom. The van der Waals surface area contributed by atoms with Gasteiger partial charge in [0, 0.05) is 42.7 Å². The Kier molecular flexibility index (Phi) is 6.17. The summed E-state index contributed by atoms with van der Waals surface area (Å²) in [6.45, 7) is 2.62. The Balaban J connectivity index is 1.45.